The Bertz CT molecular complexity index is 1050. The minimum atomic E-state index is -0.419. The molecule has 0 radical (unpaired) electrons. The van der Waals surface area contributed by atoms with Crippen LogP contribution in [0.2, 0.25) is 5.02 Å². The smallest absolute Gasteiger partial charge is 0.331 e. The summed E-state index contributed by atoms with van der Waals surface area (Å²) >= 11 is 6.04. The first-order valence-electron chi connectivity index (χ1n) is 9.39. The molecular formula is C23H19ClN2O4. The van der Waals surface area contributed by atoms with Gasteiger partial charge in [0.05, 0.1) is 12.2 Å². The molecule has 0 atom stereocenters. The molecule has 0 bridgehead atoms. The van der Waals surface area contributed by atoms with Crippen molar-refractivity contribution in [2.45, 2.75) is 6.61 Å². The van der Waals surface area contributed by atoms with Gasteiger partial charge < -0.3 is 19.7 Å². The third-order valence-corrected chi connectivity index (χ3v) is 4.76. The largest absolute Gasteiger partial charge is 0.489 e. The summed E-state index contributed by atoms with van der Waals surface area (Å²) in [6, 6.07) is 22.0. The summed E-state index contributed by atoms with van der Waals surface area (Å²) in [6.07, 6.45) is 0. The summed E-state index contributed by atoms with van der Waals surface area (Å²) in [6.45, 7) is 0.446. The van der Waals surface area contributed by atoms with Gasteiger partial charge in [-0.05, 0) is 48.0 Å². The molecule has 0 saturated carbocycles. The van der Waals surface area contributed by atoms with E-state index in [1.165, 1.54) is 0 Å². The number of nitrogens with one attached hydrogen (secondary N) is 1. The van der Waals surface area contributed by atoms with Crippen molar-refractivity contribution >= 4 is 34.9 Å². The minimum Gasteiger partial charge on any atom is -0.489 e. The van der Waals surface area contributed by atoms with Gasteiger partial charge >= 0.3 is 5.97 Å². The molecular weight excluding hydrogens is 404 g/mol. The first-order chi connectivity index (χ1) is 14.6. The molecule has 0 spiro atoms. The number of esters is 1. The van der Waals surface area contributed by atoms with Crippen molar-refractivity contribution in [3.05, 3.63) is 83.4 Å². The Morgan fingerprint density at radius 1 is 1.07 bits per heavy atom. The Morgan fingerprint density at radius 2 is 1.83 bits per heavy atom. The van der Waals surface area contributed by atoms with E-state index in [1.807, 2.05) is 30.3 Å². The van der Waals surface area contributed by atoms with E-state index in [4.69, 9.17) is 21.1 Å². The van der Waals surface area contributed by atoms with Crippen molar-refractivity contribution in [1.29, 1.82) is 0 Å². The van der Waals surface area contributed by atoms with Crippen LogP contribution in [0.25, 0.3) is 0 Å². The number of rotatable bonds is 6. The molecule has 30 heavy (non-hydrogen) atoms. The van der Waals surface area contributed by atoms with Gasteiger partial charge in [-0.15, -0.1) is 0 Å². The molecule has 0 fully saturated rings. The predicted octanol–water partition coefficient (Wildman–Crippen LogP) is 4.28. The third-order valence-electron chi connectivity index (χ3n) is 4.53. The van der Waals surface area contributed by atoms with Crippen LogP contribution in [0.3, 0.4) is 0 Å². The first kappa shape index (κ1) is 19.8. The first-order valence-corrected chi connectivity index (χ1v) is 9.76. The fourth-order valence-corrected chi connectivity index (χ4v) is 3.28. The molecule has 3 aromatic carbocycles. The van der Waals surface area contributed by atoms with Crippen molar-refractivity contribution < 1.29 is 19.1 Å². The van der Waals surface area contributed by atoms with Crippen LogP contribution in [-0.2, 0) is 16.2 Å². The van der Waals surface area contributed by atoms with Crippen LogP contribution >= 0.6 is 11.6 Å². The van der Waals surface area contributed by atoms with Gasteiger partial charge in [0, 0.05) is 10.7 Å². The van der Waals surface area contributed by atoms with Crippen LogP contribution in [0.5, 0.6) is 11.5 Å². The lowest BCUT2D eigenvalue weighted by atomic mass is 10.2. The van der Waals surface area contributed by atoms with Crippen molar-refractivity contribution in [2.75, 3.05) is 23.3 Å². The lowest BCUT2D eigenvalue weighted by molar-refractivity contribution is -0.133. The minimum absolute atomic E-state index is 0.00526. The molecule has 152 valence electrons. The number of ether oxygens (including phenoxy) is 2. The van der Waals surface area contributed by atoms with Gasteiger partial charge in [-0.3, -0.25) is 4.79 Å². The molecule has 4 rings (SSSR count). The van der Waals surface area contributed by atoms with E-state index >= 15 is 0 Å². The van der Waals surface area contributed by atoms with E-state index in [0.717, 1.165) is 5.56 Å². The number of carbonyl (C=O) groups excluding carboxylic acids is 2. The maximum Gasteiger partial charge on any atom is 0.331 e. The standard InChI is InChI=1S/C23H19ClN2O4/c24-17-6-11-21-20(12-17)26(14-23(28)30-21)13-22(27)25-18-7-9-19(10-8-18)29-15-16-4-2-1-3-5-16/h1-12H,13-15H2,(H,25,27). The van der Waals surface area contributed by atoms with Crippen LogP contribution in [-0.4, -0.2) is 25.0 Å². The molecule has 1 N–H and O–H groups in total. The Morgan fingerprint density at radius 3 is 2.60 bits per heavy atom. The number of carbonyl (C=O) groups is 2. The Balaban J connectivity index is 1.35. The Labute approximate surface area is 179 Å². The average Bonchev–Trinajstić information content (AvgIpc) is 2.74. The molecule has 1 heterocycles. The summed E-state index contributed by atoms with van der Waals surface area (Å²) in [5, 5.41) is 3.33. The molecule has 0 aromatic heterocycles. The summed E-state index contributed by atoms with van der Waals surface area (Å²) in [5.74, 6) is 0.425. The third kappa shape index (κ3) is 4.90. The Kier molecular flexibility index (Phi) is 5.86. The van der Waals surface area contributed by atoms with Gasteiger partial charge in [-0.1, -0.05) is 41.9 Å². The summed E-state index contributed by atoms with van der Waals surface area (Å²) in [5.41, 5.74) is 2.33. The van der Waals surface area contributed by atoms with Gasteiger partial charge in [-0.2, -0.15) is 0 Å². The molecule has 0 aliphatic carbocycles. The highest BCUT2D eigenvalue weighted by molar-refractivity contribution is 6.31. The summed E-state index contributed by atoms with van der Waals surface area (Å²) in [4.78, 5) is 26.0. The zero-order valence-electron chi connectivity index (χ0n) is 16.0. The van der Waals surface area contributed by atoms with Gasteiger partial charge in [0.15, 0.2) is 5.75 Å². The lowest BCUT2D eigenvalue weighted by Crippen LogP contribution is -2.41. The van der Waals surface area contributed by atoms with E-state index in [1.54, 1.807) is 47.4 Å². The van der Waals surface area contributed by atoms with E-state index in [-0.39, 0.29) is 19.0 Å². The molecule has 1 amide bonds. The predicted molar refractivity (Wildman–Crippen MR) is 115 cm³/mol. The SMILES string of the molecule is O=C(CN1CC(=O)Oc2ccc(Cl)cc21)Nc1ccc(OCc2ccccc2)cc1. The van der Waals surface area contributed by atoms with Crippen LogP contribution in [0.4, 0.5) is 11.4 Å². The van der Waals surface area contributed by atoms with E-state index < -0.39 is 5.97 Å². The maximum absolute atomic E-state index is 12.5. The van der Waals surface area contributed by atoms with Gasteiger partial charge in [0.1, 0.15) is 18.9 Å². The second-order valence-electron chi connectivity index (χ2n) is 6.79. The fraction of sp³-hybridized carbons (Fsp3) is 0.130. The van der Waals surface area contributed by atoms with Crippen LogP contribution in [0, 0.1) is 0 Å². The molecule has 6 nitrogen and oxygen atoms in total. The zero-order valence-corrected chi connectivity index (χ0v) is 16.8. The highest BCUT2D eigenvalue weighted by atomic mass is 35.5. The molecule has 7 heteroatoms. The zero-order chi connectivity index (χ0) is 20.9. The molecule has 1 aliphatic heterocycles. The lowest BCUT2D eigenvalue weighted by Gasteiger charge is -2.29. The van der Waals surface area contributed by atoms with E-state index in [0.29, 0.717) is 34.5 Å². The average molecular weight is 423 g/mol. The van der Waals surface area contributed by atoms with Gasteiger partial charge in [-0.25, -0.2) is 4.79 Å². The highest BCUT2D eigenvalue weighted by Crippen LogP contribution is 2.34. The van der Waals surface area contributed by atoms with Gasteiger partial charge in [0.2, 0.25) is 5.91 Å². The number of hydrogen-bond donors (Lipinski definition) is 1. The van der Waals surface area contributed by atoms with Crippen molar-refractivity contribution in [3.63, 3.8) is 0 Å². The number of fused-ring (bicyclic) bond motifs is 1. The number of hydrogen-bond acceptors (Lipinski definition) is 5. The van der Waals surface area contributed by atoms with Crippen LogP contribution in [0.15, 0.2) is 72.8 Å². The number of anilines is 2. The van der Waals surface area contributed by atoms with Gasteiger partial charge in [0.25, 0.3) is 0 Å². The van der Waals surface area contributed by atoms with Crippen molar-refractivity contribution in [1.82, 2.24) is 0 Å². The summed E-state index contributed by atoms with van der Waals surface area (Å²) in [7, 11) is 0. The maximum atomic E-state index is 12.5. The Hall–Kier alpha value is -3.51. The summed E-state index contributed by atoms with van der Waals surface area (Å²) < 4.78 is 11.0. The number of halogens is 1. The van der Waals surface area contributed by atoms with E-state index in [9.17, 15) is 9.59 Å². The second kappa shape index (κ2) is 8.88. The van der Waals surface area contributed by atoms with Crippen molar-refractivity contribution in [2.24, 2.45) is 0 Å². The van der Waals surface area contributed by atoms with E-state index in [2.05, 4.69) is 5.32 Å². The topological polar surface area (TPSA) is 67.9 Å². The molecule has 0 unspecified atom stereocenters. The van der Waals surface area contributed by atoms with Crippen LogP contribution < -0.4 is 19.7 Å². The quantitative estimate of drug-likeness (QED) is 0.474. The molecule has 0 saturated heterocycles. The number of nitrogens with zero attached hydrogens (tertiary/aromatic N) is 1. The fourth-order valence-electron chi connectivity index (χ4n) is 3.11. The number of amides is 1. The molecule has 3 aromatic rings. The van der Waals surface area contributed by atoms with Crippen LogP contribution in [0.1, 0.15) is 5.56 Å². The monoisotopic (exact) mass is 422 g/mol. The normalized spacial score (nSPS) is 12.7. The van der Waals surface area contributed by atoms with Crippen molar-refractivity contribution in [3.8, 4) is 11.5 Å². The number of benzene rings is 3. The highest BCUT2D eigenvalue weighted by Gasteiger charge is 2.26. The molecule has 1 aliphatic rings. The second-order valence-corrected chi connectivity index (χ2v) is 7.23.